The van der Waals surface area contributed by atoms with E-state index in [9.17, 15) is 0 Å². The van der Waals surface area contributed by atoms with Crippen molar-refractivity contribution < 1.29 is 14.2 Å². The molecule has 186 valence electrons. The maximum Gasteiger partial charge on any atom is 0.213 e. The summed E-state index contributed by atoms with van der Waals surface area (Å²) in [6, 6.07) is 22.6. The molecule has 3 aromatic rings. The molecule has 0 aliphatic carbocycles. The van der Waals surface area contributed by atoms with Crippen molar-refractivity contribution in [1.29, 1.82) is 0 Å². The molecular formula is C30H31BrN2O3. The molecule has 0 amide bonds. The summed E-state index contributed by atoms with van der Waals surface area (Å²) in [6.45, 7) is 7.14. The van der Waals surface area contributed by atoms with Gasteiger partial charge >= 0.3 is 0 Å². The van der Waals surface area contributed by atoms with Crippen LogP contribution in [0.1, 0.15) is 61.6 Å². The summed E-state index contributed by atoms with van der Waals surface area (Å²) in [7, 11) is 0. The van der Waals surface area contributed by atoms with Crippen molar-refractivity contribution >= 4 is 21.6 Å². The predicted octanol–water partition coefficient (Wildman–Crippen LogP) is 7.83. The molecule has 5 rings (SSSR count). The molecule has 2 atom stereocenters. The van der Waals surface area contributed by atoms with Crippen LogP contribution < -0.4 is 14.2 Å². The molecule has 3 aromatic carbocycles. The molecule has 0 aromatic heterocycles. The third kappa shape index (κ3) is 5.29. The highest BCUT2D eigenvalue weighted by Crippen LogP contribution is 2.48. The second-order valence-corrected chi connectivity index (χ2v) is 9.96. The molecule has 0 radical (unpaired) electrons. The largest absolute Gasteiger partial charge is 0.494 e. The van der Waals surface area contributed by atoms with Crippen LogP contribution in [0.2, 0.25) is 0 Å². The van der Waals surface area contributed by atoms with Gasteiger partial charge in [-0.3, -0.25) is 0 Å². The molecule has 0 fully saturated rings. The molecule has 0 N–H and O–H groups in total. The van der Waals surface area contributed by atoms with Gasteiger partial charge in [-0.1, -0.05) is 48.4 Å². The van der Waals surface area contributed by atoms with E-state index in [4.69, 9.17) is 19.3 Å². The molecule has 6 heteroatoms. The average molecular weight is 547 g/mol. The first-order valence-electron chi connectivity index (χ1n) is 12.5. The number of unbranched alkanes of at least 4 members (excludes halogenated alkanes) is 2. The topological polar surface area (TPSA) is 43.3 Å². The van der Waals surface area contributed by atoms with E-state index in [0.717, 1.165) is 63.6 Å². The zero-order valence-electron chi connectivity index (χ0n) is 20.5. The first kappa shape index (κ1) is 24.4. The Labute approximate surface area is 221 Å². The Morgan fingerprint density at radius 3 is 2.53 bits per heavy atom. The van der Waals surface area contributed by atoms with Crippen molar-refractivity contribution in [2.24, 2.45) is 5.10 Å². The maximum absolute atomic E-state index is 6.52. The molecule has 0 saturated heterocycles. The molecule has 5 nitrogen and oxygen atoms in total. The Balaban J connectivity index is 1.41. The van der Waals surface area contributed by atoms with Crippen molar-refractivity contribution in [2.45, 2.75) is 44.9 Å². The van der Waals surface area contributed by atoms with E-state index in [2.05, 4.69) is 64.8 Å². The van der Waals surface area contributed by atoms with Gasteiger partial charge in [0.05, 0.1) is 18.4 Å². The average Bonchev–Trinajstić information content (AvgIpc) is 3.36. The fraction of sp³-hybridized carbons (Fsp3) is 0.300. The quantitative estimate of drug-likeness (QED) is 0.192. The number of hydrogen-bond acceptors (Lipinski definition) is 5. The van der Waals surface area contributed by atoms with Gasteiger partial charge in [0.15, 0.2) is 0 Å². The zero-order chi connectivity index (χ0) is 24.9. The standard InChI is InChI=1S/C30H31BrN2O3/c1-3-5-6-18-35-25-14-9-22(10-15-25)30-33-28(26-19-23(31)11-16-29(26)36-30)20-27(32-33)21-7-12-24(13-8-21)34-17-4-2/h4,7-16,19,28,30H,2-3,5-6,17-18,20H2,1H3. The van der Waals surface area contributed by atoms with Crippen molar-refractivity contribution in [3.63, 3.8) is 0 Å². The predicted molar refractivity (Wildman–Crippen MR) is 147 cm³/mol. The molecule has 2 aliphatic heterocycles. The van der Waals surface area contributed by atoms with E-state index >= 15 is 0 Å². The Morgan fingerprint density at radius 1 is 1.03 bits per heavy atom. The van der Waals surface area contributed by atoms with Crippen molar-refractivity contribution in [3.8, 4) is 17.2 Å². The van der Waals surface area contributed by atoms with Gasteiger partial charge in [-0.25, -0.2) is 5.01 Å². The van der Waals surface area contributed by atoms with Crippen LogP contribution in [0.3, 0.4) is 0 Å². The third-order valence-corrected chi connectivity index (χ3v) is 6.98. The maximum atomic E-state index is 6.52. The number of nitrogens with zero attached hydrogens (tertiary/aromatic N) is 2. The number of benzene rings is 3. The van der Waals surface area contributed by atoms with Gasteiger partial charge in [0.2, 0.25) is 6.23 Å². The normalized spacial score (nSPS) is 18.1. The number of fused-ring (bicyclic) bond motifs is 3. The Morgan fingerprint density at radius 2 is 1.78 bits per heavy atom. The fourth-order valence-electron chi connectivity index (χ4n) is 4.62. The summed E-state index contributed by atoms with van der Waals surface area (Å²) < 4.78 is 19.1. The van der Waals surface area contributed by atoms with Crippen molar-refractivity contribution in [2.75, 3.05) is 13.2 Å². The summed E-state index contributed by atoms with van der Waals surface area (Å²) in [4.78, 5) is 0. The molecule has 0 bridgehead atoms. The molecular weight excluding hydrogens is 516 g/mol. The second-order valence-electron chi connectivity index (χ2n) is 9.05. The first-order valence-corrected chi connectivity index (χ1v) is 13.3. The lowest BCUT2D eigenvalue weighted by molar-refractivity contribution is -0.0191. The van der Waals surface area contributed by atoms with Gasteiger partial charge < -0.3 is 14.2 Å². The van der Waals surface area contributed by atoms with Gasteiger partial charge in [-0.2, -0.15) is 5.10 Å². The van der Waals surface area contributed by atoms with E-state index in [1.165, 1.54) is 12.8 Å². The van der Waals surface area contributed by atoms with Crippen LogP contribution in [0.25, 0.3) is 0 Å². The smallest absolute Gasteiger partial charge is 0.213 e. The Kier molecular flexibility index (Phi) is 7.61. The lowest BCUT2D eigenvalue weighted by Gasteiger charge is -2.38. The van der Waals surface area contributed by atoms with Gasteiger partial charge in [-0.15, -0.1) is 0 Å². The molecule has 0 spiro atoms. The number of ether oxygens (including phenoxy) is 3. The van der Waals surface area contributed by atoms with E-state index in [-0.39, 0.29) is 12.3 Å². The minimum absolute atomic E-state index is 0.0907. The van der Waals surface area contributed by atoms with E-state index in [1.807, 2.05) is 36.4 Å². The zero-order valence-corrected chi connectivity index (χ0v) is 22.1. The van der Waals surface area contributed by atoms with Crippen LogP contribution in [0, 0.1) is 0 Å². The Hall–Kier alpha value is -3.25. The van der Waals surface area contributed by atoms with Crippen LogP contribution >= 0.6 is 15.9 Å². The summed E-state index contributed by atoms with van der Waals surface area (Å²) in [5.74, 6) is 2.60. The number of hydrogen-bond donors (Lipinski definition) is 0. The van der Waals surface area contributed by atoms with Gasteiger partial charge in [0, 0.05) is 22.0 Å². The number of rotatable bonds is 10. The van der Waals surface area contributed by atoms with Crippen LogP contribution in [-0.2, 0) is 0 Å². The minimum atomic E-state index is -0.314. The van der Waals surface area contributed by atoms with Gasteiger partial charge in [0.1, 0.15) is 23.9 Å². The highest BCUT2D eigenvalue weighted by atomic mass is 79.9. The third-order valence-electron chi connectivity index (χ3n) is 6.49. The van der Waals surface area contributed by atoms with Crippen molar-refractivity contribution in [3.05, 3.63) is 101 Å². The summed E-state index contributed by atoms with van der Waals surface area (Å²) in [5, 5.41) is 7.17. The van der Waals surface area contributed by atoms with Crippen LogP contribution in [0.5, 0.6) is 17.2 Å². The summed E-state index contributed by atoms with van der Waals surface area (Å²) in [5.41, 5.74) is 4.31. The molecule has 2 aliphatic rings. The summed E-state index contributed by atoms with van der Waals surface area (Å²) >= 11 is 3.63. The van der Waals surface area contributed by atoms with Crippen LogP contribution in [-0.4, -0.2) is 23.9 Å². The van der Waals surface area contributed by atoms with Gasteiger partial charge in [0.25, 0.3) is 0 Å². The van der Waals surface area contributed by atoms with Crippen LogP contribution in [0.15, 0.2) is 89.0 Å². The lowest BCUT2D eigenvalue weighted by atomic mass is 9.96. The van der Waals surface area contributed by atoms with E-state index < -0.39 is 0 Å². The minimum Gasteiger partial charge on any atom is -0.494 e. The molecule has 0 saturated carbocycles. The number of hydrazone groups is 1. The SMILES string of the molecule is C=CCOc1ccc(C2=NN3C(C2)c2cc(Br)ccc2OC3c2ccc(OCCCCC)cc2)cc1. The summed E-state index contributed by atoms with van der Waals surface area (Å²) in [6.07, 6.45) is 5.68. The highest BCUT2D eigenvalue weighted by Gasteiger charge is 2.41. The Bertz CT molecular complexity index is 1220. The van der Waals surface area contributed by atoms with E-state index in [0.29, 0.717) is 6.61 Å². The second kappa shape index (κ2) is 11.2. The molecule has 36 heavy (non-hydrogen) atoms. The molecule has 2 heterocycles. The fourth-order valence-corrected chi connectivity index (χ4v) is 5.00. The highest BCUT2D eigenvalue weighted by molar-refractivity contribution is 9.10. The lowest BCUT2D eigenvalue weighted by Crippen LogP contribution is -2.33. The van der Waals surface area contributed by atoms with Gasteiger partial charge in [-0.05, 0) is 78.7 Å². The number of halogens is 1. The van der Waals surface area contributed by atoms with Crippen molar-refractivity contribution in [1.82, 2.24) is 5.01 Å². The molecule has 2 unspecified atom stereocenters. The monoisotopic (exact) mass is 546 g/mol. The van der Waals surface area contributed by atoms with E-state index in [1.54, 1.807) is 6.08 Å². The van der Waals surface area contributed by atoms with Crippen LogP contribution in [0.4, 0.5) is 0 Å². The first-order chi connectivity index (χ1) is 17.7.